The first kappa shape index (κ1) is 53.2. The average molecular weight is 909 g/mol. The summed E-state index contributed by atoms with van der Waals surface area (Å²) in [5.41, 5.74) is -6.10. The van der Waals surface area contributed by atoms with Crippen LogP contribution in [0.1, 0.15) is 209 Å². The fraction of sp³-hybridized carbons (Fsp3) is 0.811. The quantitative estimate of drug-likeness (QED) is 0.172. The molecule has 12 nitrogen and oxygen atoms in total. The summed E-state index contributed by atoms with van der Waals surface area (Å²) in [4.78, 5) is 73.8. The van der Waals surface area contributed by atoms with E-state index < -0.39 is 45.0 Å². The molecule has 65 heavy (non-hydrogen) atoms. The topological polar surface area (TPSA) is 118 Å². The van der Waals surface area contributed by atoms with Crippen molar-refractivity contribution in [2.45, 2.75) is 249 Å². The van der Waals surface area contributed by atoms with Gasteiger partial charge in [0.1, 0.15) is 0 Å². The Morgan fingerprint density at radius 3 is 1.48 bits per heavy atom. The minimum absolute atomic E-state index is 0.0676. The van der Waals surface area contributed by atoms with E-state index in [1.165, 1.54) is 60.5 Å². The lowest BCUT2D eigenvalue weighted by molar-refractivity contribution is -0.305. The fourth-order valence-electron chi connectivity index (χ4n) is 12.7. The van der Waals surface area contributed by atoms with E-state index >= 15 is 4.79 Å². The molecule has 0 aromatic carbocycles. The molecule has 5 rings (SSSR count). The molecule has 368 valence electrons. The number of ether oxygens (including phenoxy) is 2. The Kier molecular flexibility index (Phi) is 18.5. The summed E-state index contributed by atoms with van der Waals surface area (Å²) in [5.74, 6) is -1.35. The predicted octanol–water partition coefficient (Wildman–Crippen LogP) is 10.8. The van der Waals surface area contributed by atoms with Gasteiger partial charge in [0.25, 0.3) is 23.6 Å². The van der Waals surface area contributed by atoms with Gasteiger partial charge >= 0.3 is 0 Å². The molecule has 4 saturated heterocycles. The molecular weight excluding hydrogens is 821 g/mol. The van der Waals surface area contributed by atoms with Crippen molar-refractivity contribution in [2.75, 3.05) is 26.4 Å². The summed E-state index contributed by atoms with van der Waals surface area (Å²) in [5, 5.41) is 3.93. The van der Waals surface area contributed by atoms with Gasteiger partial charge in [-0.05, 0) is 100.0 Å². The van der Waals surface area contributed by atoms with Gasteiger partial charge in [0.2, 0.25) is 0 Å². The second-order valence-corrected chi connectivity index (χ2v) is 22.6. The van der Waals surface area contributed by atoms with Gasteiger partial charge < -0.3 is 9.47 Å². The zero-order valence-electron chi connectivity index (χ0n) is 42.1. The lowest BCUT2D eigenvalue weighted by Crippen LogP contribution is -2.69. The van der Waals surface area contributed by atoms with Crippen molar-refractivity contribution >= 4 is 23.6 Å². The van der Waals surface area contributed by atoms with E-state index in [0.29, 0.717) is 58.3 Å². The predicted molar refractivity (Wildman–Crippen MR) is 256 cm³/mol. The molecule has 4 amide bonds. The molecule has 4 aliphatic heterocycles. The van der Waals surface area contributed by atoms with Crippen LogP contribution in [0.4, 0.5) is 0 Å². The molecule has 5 fully saturated rings. The van der Waals surface area contributed by atoms with E-state index in [1.807, 2.05) is 37.8 Å². The Balaban J connectivity index is 1.39. The van der Waals surface area contributed by atoms with Crippen LogP contribution in [0.5, 0.6) is 0 Å². The van der Waals surface area contributed by atoms with Crippen molar-refractivity contribution < 1.29 is 38.3 Å². The smallest absolute Gasteiger partial charge is 0.264 e. The van der Waals surface area contributed by atoms with Crippen LogP contribution in [-0.4, -0.2) is 109 Å². The fourth-order valence-corrected chi connectivity index (χ4v) is 12.7. The van der Waals surface area contributed by atoms with E-state index in [-0.39, 0.29) is 24.3 Å². The number of imide groups is 2. The molecule has 1 saturated carbocycles. The van der Waals surface area contributed by atoms with Crippen LogP contribution >= 0.6 is 0 Å². The summed E-state index contributed by atoms with van der Waals surface area (Å²) in [6.07, 6.45) is 27.8. The Hall–Kier alpha value is -2.74. The van der Waals surface area contributed by atoms with Crippen molar-refractivity contribution in [3.8, 4) is 0 Å². The van der Waals surface area contributed by atoms with Crippen molar-refractivity contribution in [1.29, 1.82) is 0 Å². The third-order valence-corrected chi connectivity index (χ3v) is 14.7. The Morgan fingerprint density at radius 1 is 0.569 bits per heavy atom. The number of nitrogens with zero attached hydrogens (tertiary/aromatic N) is 4. The van der Waals surface area contributed by atoms with Gasteiger partial charge in [-0.1, -0.05) is 109 Å². The van der Waals surface area contributed by atoms with Crippen molar-refractivity contribution in [2.24, 2.45) is 0 Å². The Labute approximate surface area is 393 Å². The maximum absolute atomic E-state index is 15.2. The summed E-state index contributed by atoms with van der Waals surface area (Å²) in [6.45, 7) is 25.3. The molecule has 0 radical (unpaired) electrons. The third kappa shape index (κ3) is 12.7. The van der Waals surface area contributed by atoms with Crippen LogP contribution in [0.15, 0.2) is 37.5 Å². The Morgan fingerprint density at radius 2 is 1.00 bits per heavy atom. The molecule has 12 heteroatoms. The average Bonchev–Trinajstić information content (AvgIpc) is 3.43. The molecule has 0 aromatic rings. The number of hydrogen-bond acceptors (Lipinski definition) is 10. The van der Waals surface area contributed by atoms with Gasteiger partial charge in [-0.2, -0.15) is 10.1 Å². The van der Waals surface area contributed by atoms with Crippen molar-refractivity contribution in [3.63, 3.8) is 0 Å². The molecule has 0 unspecified atom stereocenters. The monoisotopic (exact) mass is 909 g/mol. The maximum atomic E-state index is 15.2. The SMILES string of the molecule is C=CCON1C(C)(C)CC2(CC1(C)C)OC1(CCCCCCCCCCC1)N(C(=O)/C=C\CON1C(C)(C)CC3(CC1(C)C)OCCCCCCCCCCCN(C(=O)C=C)C3=O)C2=O. The highest BCUT2D eigenvalue weighted by Crippen LogP contribution is 2.54. The zero-order valence-corrected chi connectivity index (χ0v) is 42.1. The van der Waals surface area contributed by atoms with Gasteiger partial charge in [0.05, 0.1) is 13.2 Å². The van der Waals surface area contributed by atoms with Gasteiger partial charge in [-0.3, -0.25) is 33.8 Å². The van der Waals surface area contributed by atoms with E-state index in [0.717, 1.165) is 77.0 Å². The molecule has 3 spiro atoms. The van der Waals surface area contributed by atoms with Gasteiger partial charge in [0.15, 0.2) is 16.9 Å². The highest BCUT2D eigenvalue weighted by molar-refractivity contribution is 6.06. The maximum Gasteiger partial charge on any atom is 0.264 e. The zero-order chi connectivity index (χ0) is 47.6. The van der Waals surface area contributed by atoms with Crippen molar-refractivity contribution in [1.82, 2.24) is 19.9 Å². The highest BCUT2D eigenvalue weighted by Gasteiger charge is 2.68. The largest absolute Gasteiger partial charge is 0.365 e. The summed E-state index contributed by atoms with van der Waals surface area (Å²) < 4.78 is 14.1. The van der Waals surface area contributed by atoms with E-state index in [2.05, 4.69) is 40.9 Å². The normalized spacial score (nSPS) is 27.1. The first-order valence-corrected chi connectivity index (χ1v) is 25.6. The summed E-state index contributed by atoms with van der Waals surface area (Å²) in [7, 11) is 0. The number of rotatable bonds is 8. The molecule has 1 aliphatic carbocycles. The van der Waals surface area contributed by atoms with Crippen LogP contribution in [0.3, 0.4) is 0 Å². The standard InChI is InChI=1S/C53H88N4O8/c1-11-36-63-56-49(7,8)41-52(42-50(56,9)10)46(61)55(53(65-52)33-27-23-19-15-13-16-20-24-28-34-53)44(59)32-31-38-64-57-47(3,4)39-51(40-48(57,5)6)45(60)54(43(58)12-2)35-29-25-21-17-14-18-22-26-30-37-62-51/h11-12,31-32H,1-2,13-30,33-42H2,3-10H3/b32-31-. The summed E-state index contributed by atoms with van der Waals surface area (Å²) >= 11 is 0. The second-order valence-electron chi connectivity index (χ2n) is 22.6. The van der Waals surface area contributed by atoms with Crippen LogP contribution in [-0.2, 0) is 38.3 Å². The number of piperidine rings is 2. The molecule has 0 aromatic heterocycles. The third-order valence-electron chi connectivity index (χ3n) is 14.7. The van der Waals surface area contributed by atoms with Crippen LogP contribution in [0.2, 0.25) is 0 Å². The van der Waals surface area contributed by atoms with Crippen LogP contribution in [0.25, 0.3) is 0 Å². The highest BCUT2D eigenvalue weighted by atomic mass is 16.7. The molecule has 4 heterocycles. The molecule has 0 N–H and O–H groups in total. The number of amides is 4. The molecule has 0 atom stereocenters. The van der Waals surface area contributed by atoms with Gasteiger partial charge in [-0.25, -0.2) is 4.90 Å². The van der Waals surface area contributed by atoms with Gasteiger partial charge in [-0.15, -0.1) is 6.58 Å². The molecule has 5 aliphatic rings. The number of hydrogen-bond donors (Lipinski definition) is 0. The lowest BCUT2D eigenvalue weighted by Gasteiger charge is -2.57. The summed E-state index contributed by atoms with van der Waals surface area (Å²) in [6, 6.07) is 0. The molecule has 0 bridgehead atoms. The number of carbonyl (C=O) groups excluding carboxylic acids is 4. The Bertz CT molecular complexity index is 1640. The minimum Gasteiger partial charge on any atom is -0.365 e. The minimum atomic E-state index is -1.25. The second kappa shape index (κ2) is 22.6. The first-order valence-electron chi connectivity index (χ1n) is 25.6. The number of hydroxylamine groups is 4. The van der Waals surface area contributed by atoms with Crippen LogP contribution in [0, 0.1) is 0 Å². The van der Waals surface area contributed by atoms with Gasteiger partial charge in [0, 0.05) is 67.1 Å². The molecular formula is C53H88N4O8. The van der Waals surface area contributed by atoms with Crippen molar-refractivity contribution in [3.05, 3.63) is 37.5 Å². The lowest BCUT2D eigenvalue weighted by atomic mass is 9.71. The first-order chi connectivity index (χ1) is 30.7. The van der Waals surface area contributed by atoms with E-state index in [9.17, 15) is 14.4 Å². The number of carbonyl (C=O) groups is 4. The van der Waals surface area contributed by atoms with E-state index in [4.69, 9.17) is 19.1 Å². The van der Waals surface area contributed by atoms with Crippen LogP contribution < -0.4 is 0 Å². The van der Waals surface area contributed by atoms with E-state index in [1.54, 1.807) is 12.2 Å².